The third kappa shape index (κ3) is 6.86. The topological polar surface area (TPSA) is 123 Å². The fourth-order valence-corrected chi connectivity index (χ4v) is 5.36. The summed E-state index contributed by atoms with van der Waals surface area (Å²) in [6.45, 7) is 3.79. The number of nitro benzene ring substituents is 1. The SMILES string of the molecule is CS(=O)(=O)c1ccc2nc(N(CCN3CCOCC3)C(=O)C=Cc3cccc([N+](=O)[O-])c3)sc2c1.Cl. The van der Waals surface area contributed by atoms with Gasteiger partial charge in [-0.05, 0) is 29.8 Å². The molecule has 1 amide bonds. The number of nitrogens with zero attached hydrogens (tertiary/aromatic N) is 4. The van der Waals surface area contributed by atoms with Crippen LogP contribution in [0, 0.1) is 10.1 Å². The standard InChI is InChI=1S/C23H24N4O6S2.ClH/c1-35(31,32)19-6-7-20-21(16-19)34-23(24-20)26(10-9-25-11-13-33-14-12-25)22(28)8-5-17-3-2-4-18(15-17)27(29)30;/h2-8,15-16H,9-14H2,1H3;1H. The summed E-state index contributed by atoms with van der Waals surface area (Å²) in [7, 11) is -3.37. The summed E-state index contributed by atoms with van der Waals surface area (Å²) < 4.78 is 29.9. The summed E-state index contributed by atoms with van der Waals surface area (Å²) in [6, 6.07) is 10.7. The number of hydrogen-bond donors (Lipinski definition) is 0. The van der Waals surface area contributed by atoms with Gasteiger partial charge in [-0.15, -0.1) is 12.4 Å². The number of ether oxygens (including phenoxy) is 1. The fourth-order valence-electron chi connectivity index (χ4n) is 3.60. The van der Waals surface area contributed by atoms with E-state index in [1.165, 1.54) is 41.7 Å². The van der Waals surface area contributed by atoms with Crippen molar-refractivity contribution in [1.29, 1.82) is 0 Å². The Balaban J connectivity index is 0.00000361. The average Bonchev–Trinajstić information content (AvgIpc) is 3.26. The second-order valence-electron chi connectivity index (χ2n) is 8.03. The lowest BCUT2D eigenvalue weighted by atomic mass is 10.2. The molecule has 1 aliphatic rings. The van der Waals surface area contributed by atoms with Gasteiger partial charge in [0.2, 0.25) is 0 Å². The molecule has 1 aliphatic heterocycles. The minimum Gasteiger partial charge on any atom is -0.379 e. The number of halogens is 1. The molecule has 4 rings (SSSR count). The Labute approximate surface area is 218 Å². The van der Waals surface area contributed by atoms with Crippen molar-refractivity contribution >= 4 is 66.6 Å². The van der Waals surface area contributed by atoms with Crippen LogP contribution >= 0.6 is 23.7 Å². The molecule has 2 heterocycles. The summed E-state index contributed by atoms with van der Waals surface area (Å²) in [6.07, 6.45) is 4.05. The lowest BCUT2D eigenvalue weighted by Crippen LogP contribution is -2.42. The summed E-state index contributed by atoms with van der Waals surface area (Å²) >= 11 is 1.24. The fraction of sp³-hybridized carbons (Fsp3) is 0.304. The molecule has 0 radical (unpaired) electrons. The third-order valence-corrected chi connectivity index (χ3v) is 7.67. The van der Waals surface area contributed by atoms with Gasteiger partial charge in [0, 0.05) is 50.6 Å². The first-order valence-electron chi connectivity index (χ1n) is 10.9. The molecule has 0 bridgehead atoms. The van der Waals surface area contributed by atoms with E-state index in [1.54, 1.807) is 29.2 Å². The molecule has 36 heavy (non-hydrogen) atoms. The number of fused-ring (bicyclic) bond motifs is 1. The zero-order valence-corrected chi connectivity index (χ0v) is 21.9. The van der Waals surface area contributed by atoms with Gasteiger partial charge in [-0.25, -0.2) is 13.4 Å². The first-order chi connectivity index (χ1) is 16.7. The van der Waals surface area contributed by atoms with E-state index in [9.17, 15) is 23.3 Å². The quantitative estimate of drug-likeness (QED) is 0.237. The number of morpholine rings is 1. The Hall–Kier alpha value is -2.90. The summed E-state index contributed by atoms with van der Waals surface area (Å²) in [5.74, 6) is -0.327. The average molecular weight is 553 g/mol. The Kier molecular flexibility index (Phi) is 9.14. The highest BCUT2D eigenvalue weighted by Gasteiger charge is 2.21. The van der Waals surface area contributed by atoms with E-state index < -0.39 is 14.8 Å². The second kappa shape index (κ2) is 11.9. The molecule has 0 unspecified atom stereocenters. The molecule has 1 fully saturated rings. The van der Waals surface area contributed by atoms with E-state index in [4.69, 9.17) is 4.74 Å². The lowest BCUT2D eigenvalue weighted by Gasteiger charge is -2.28. The van der Waals surface area contributed by atoms with Crippen molar-refractivity contribution in [2.75, 3.05) is 50.5 Å². The monoisotopic (exact) mass is 552 g/mol. The third-order valence-electron chi connectivity index (χ3n) is 5.52. The van der Waals surface area contributed by atoms with Crippen molar-refractivity contribution in [3.8, 4) is 0 Å². The van der Waals surface area contributed by atoms with Crippen LogP contribution in [-0.2, 0) is 19.4 Å². The van der Waals surface area contributed by atoms with Gasteiger partial charge in [0.15, 0.2) is 15.0 Å². The largest absolute Gasteiger partial charge is 0.379 e. The molecule has 3 aromatic rings. The molecule has 0 spiro atoms. The molecule has 10 nitrogen and oxygen atoms in total. The summed E-state index contributed by atoms with van der Waals surface area (Å²) in [5, 5.41) is 11.5. The molecule has 2 aromatic carbocycles. The predicted molar refractivity (Wildman–Crippen MR) is 142 cm³/mol. The normalized spacial score (nSPS) is 14.6. The van der Waals surface area contributed by atoms with Gasteiger partial charge in [-0.2, -0.15) is 0 Å². The maximum absolute atomic E-state index is 13.2. The zero-order valence-electron chi connectivity index (χ0n) is 19.4. The maximum Gasteiger partial charge on any atom is 0.270 e. The maximum atomic E-state index is 13.2. The molecule has 0 aliphatic carbocycles. The minimum absolute atomic E-state index is 0. The van der Waals surface area contributed by atoms with Crippen molar-refractivity contribution in [3.05, 3.63) is 64.2 Å². The van der Waals surface area contributed by atoms with E-state index >= 15 is 0 Å². The first-order valence-corrected chi connectivity index (χ1v) is 13.6. The lowest BCUT2D eigenvalue weighted by molar-refractivity contribution is -0.384. The number of hydrogen-bond acceptors (Lipinski definition) is 9. The molecule has 192 valence electrons. The number of rotatable bonds is 8. The summed E-state index contributed by atoms with van der Waals surface area (Å²) in [4.78, 5) is 32.3. The van der Waals surface area contributed by atoms with Crippen molar-refractivity contribution < 1.29 is 22.9 Å². The van der Waals surface area contributed by atoms with Crippen LogP contribution in [0.5, 0.6) is 0 Å². The van der Waals surface area contributed by atoms with E-state index in [1.807, 2.05) is 0 Å². The molecular formula is C23H25ClN4O6S2. The van der Waals surface area contributed by atoms with Crippen molar-refractivity contribution in [2.24, 2.45) is 0 Å². The van der Waals surface area contributed by atoms with Crippen molar-refractivity contribution in [3.63, 3.8) is 0 Å². The van der Waals surface area contributed by atoms with E-state index in [2.05, 4.69) is 9.88 Å². The van der Waals surface area contributed by atoms with E-state index in [-0.39, 0.29) is 28.9 Å². The number of non-ortho nitro benzene ring substituents is 1. The molecule has 0 N–H and O–H groups in total. The van der Waals surface area contributed by atoms with E-state index in [0.29, 0.717) is 47.2 Å². The van der Waals surface area contributed by atoms with Gasteiger partial charge < -0.3 is 4.74 Å². The van der Waals surface area contributed by atoms with Crippen LogP contribution in [0.3, 0.4) is 0 Å². The number of aromatic nitrogens is 1. The molecule has 0 atom stereocenters. The Morgan fingerprint density at radius 1 is 1.25 bits per heavy atom. The Morgan fingerprint density at radius 3 is 2.69 bits per heavy atom. The van der Waals surface area contributed by atoms with Crippen LogP contribution in [0.25, 0.3) is 16.3 Å². The van der Waals surface area contributed by atoms with Crippen molar-refractivity contribution in [2.45, 2.75) is 4.90 Å². The number of anilines is 1. The number of carbonyl (C=O) groups excluding carboxylic acids is 1. The van der Waals surface area contributed by atoms with Crippen LogP contribution in [0.4, 0.5) is 10.8 Å². The Bertz CT molecular complexity index is 1390. The predicted octanol–water partition coefficient (Wildman–Crippen LogP) is 3.41. The van der Waals surface area contributed by atoms with Gasteiger partial charge in [0.25, 0.3) is 11.6 Å². The number of thiazole rings is 1. The number of carbonyl (C=O) groups is 1. The number of sulfone groups is 1. The van der Waals surface area contributed by atoms with Gasteiger partial charge in [-0.3, -0.25) is 24.7 Å². The zero-order chi connectivity index (χ0) is 25.0. The first kappa shape index (κ1) is 27.7. The van der Waals surface area contributed by atoms with Crippen LogP contribution < -0.4 is 4.90 Å². The molecule has 1 aromatic heterocycles. The van der Waals surface area contributed by atoms with Crippen molar-refractivity contribution in [1.82, 2.24) is 9.88 Å². The number of benzene rings is 2. The molecule has 0 saturated carbocycles. The number of amides is 1. The van der Waals surface area contributed by atoms with Gasteiger partial charge in [0.1, 0.15) is 0 Å². The van der Waals surface area contributed by atoms with Crippen LogP contribution in [0.1, 0.15) is 5.56 Å². The van der Waals surface area contributed by atoms with Gasteiger partial charge >= 0.3 is 0 Å². The van der Waals surface area contributed by atoms with Crippen LogP contribution in [-0.4, -0.2) is 74.8 Å². The molecule has 13 heteroatoms. The second-order valence-corrected chi connectivity index (χ2v) is 11.1. The molecular weight excluding hydrogens is 528 g/mol. The Morgan fingerprint density at radius 2 is 2.00 bits per heavy atom. The smallest absolute Gasteiger partial charge is 0.270 e. The highest BCUT2D eigenvalue weighted by Crippen LogP contribution is 2.31. The minimum atomic E-state index is -3.37. The molecule has 1 saturated heterocycles. The van der Waals surface area contributed by atoms with Crippen LogP contribution in [0.15, 0.2) is 53.4 Å². The highest BCUT2D eigenvalue weighted by molar-refractivity contribution is 7.90. The van der Waals surface area contributed by atoms with Crippen LogP contribution in [0.2, 0.25) is 0 Å². The number of nitro groups is 1. The van der Waals surface area contributed by atoms with E-state index in [0.717, 1.165) is 19.3 Å². The van der Waals surface area contributed by atoms with Gasteiger partial charge in [-0.1, -0.05) is 23.5 Å². The van der Waals surface area contributed by atoms with Gasteiger partial charge in [0.05, 0.1) is 33.2 Å². The summed E-state index contributed by atoms with van der Waals surface area (Å²) in [5.41, 5.74) is 1.07. The highest BCUT2D eigenvalue weighted by atomic mass is 35.5.